The third-order valence-electron chi connectivity index (χ3n) is 4.46. The molecule has 1 aromatic heterocycles. The average molecular weight is 322 g/mol. The Bertz CT molecular complexity index is 453. The number of carbonyl (C=O) groups is 1. The first-order valence-corrected chi connectivity index (χ1v) is 8.81. The van der Waals surface area contributed by atoms with Gasteiger partial charge in [-0.25, -0.2) is 0 Å². The molecule has 2 N–H and O–H groups in total. The number of hydrogen-bond donors (Lipinski definition) is 2. The molecule has 0 bridgehead atoms. The summed E-state index contributed by atoms with van der Waals surface area (Å²) in [5.41, 5.74) is 0. The number of rotatable bonds is 7. The Balaban J connectivity index is 1.72. The molecule has 1 fully saturated rings. The Morgan fingerprint density at radius 3 is 2.57 bits per heavy atom. The van der Waals surface area contributed by atoms with Gasteiger partial charge >= 0.3 is 0 Å². The van der Waals surface area contributed by atoms with Gasteiger partial charge in [0.05, 0.1) is 6.26 Å². The number of carbonyl (C=O) groups excluding carboxylic acids is 1. The first kappa shape index (κ1) is 18.0. The van der Waals surface area contributed by atoms with E-state index in [0.717, 1.165) is 25.9 Å². The van der Waals surface area contributed by atoms with Crippen LogP contribution in [0.3, 0.4) is 0 Å². The van der Waals surface area contributed by atoms with Crippen LogP contribution in [0.25, 0.3) is 0 Å². The Morgan fingerprint density at radius 2 is 1.96 bits per heavy atom. The molecule has 1 amide bonds. The first-order chi connectivity index (χ1) is 11.1. The molecule has 1 aromatic rings. The number of hydrogen-bond acceptors (Lipinski definition) is 4. The van der Waals surface area contributed by atoms with Crippen LogP contribution in [0, 0.1) is 0 Å². The van der Waals surface area contributed by atoms with Gasteiger partial charge in [-0.2, -0.15) is 0 Å². The predicted octanol–water partition coefficient (Wildman–Crippen LogP) is 2.86. The molecule has 1 saturated heterocycles. The molecule has 0 aliphatic carbocycles. The Hall–Kier alpha value is -1.33. The smallest absolute Gasteiger partial charge is 0.224 e. The molecular formula is C18H30N2O3. The van der Waals surface area contributed by atoms with Crippen LogP contribution >= 0.6 is 0 Å². The third kappa shape index (κ3) is 5.99. The Labute approximate surface area is 139 Å². The fourth-order valence-electron chi connectivity index (χ4n) is 3.26. The lowest BCUT2D eigenvalue weighted by Crippen LogP contribution is -2.41. The van der Waals surface area contributed by atoms with Crippen LogP contribution in [0.15, 0.2) is 22.8 Å². The minimum Gasteiger partial charge on any atom is -0.467 e. The molecule has 5 nitrogen and oxygen atoms in total. The topological polar surface area (TPSA) is 65.7 Å². The lowest BCUT2D eigenvalue weighted by molar-refractivity contribution is -0.131. The summed E-state index contributed by atoms with van der Waals surface area (Å²) in [4.78, 5) is 14.4. The van der Waals surface area contributed by atoms with Crippen LogP contribution < -0.4 is 5.32 Å². The molecule has 0 aromatic carbocycles. The molecule has 0 saturated carbocycles. The van der Waals surface area contributed by atoms with Crippen LogP contribution in [-0.2, 0) is 4.79 Å². The molecule has 3 unspecified atom stereocenters. The van der Waals surface area contributed by atoms with Crippen molar-refractivity contribution >= 4 is 5.91 Å². The largest absolute Gasteiger partial charge is 0.467 e. The second-order valence-corrected chi connectivity index (χ2v) is 6.73. The van der Waals surface area contributed by atoms with Crippen molar-refractivity contribution in [3.05, 3.63) is 24.2 Å². The highest BCUT2D eigenvalue weighted by molar-refractivity contribution is 5.76. The summed E-state index contributed by atoms with van der Waals surface area (Å²) in [6.07, 6.45) is 6.76. The van der Waals surface area contributed by atoms with Crippen LogP contribution in [0.2, 0.25) is 0 Å². The van der Waals surface area contributed by atoms with Crippen molar-refractivity contribution < 1.29 is 14.3 Å². The SMILES string of the molecule is CC(CC(=O)N1CCCCCC1)NC(C)CC(O)c1ccco1. The molecule has 2 heterocycles. The number of aliphatic hydroxyl groups excluding tert-OH is 1. The van der Waals surface area contributed by atoms with E-state index in [0.29, 0.717) is 18.6 Å². The summed E-state index contributed by atoms with van der Waals surface area (Å²) in [6, 6.07) is 3.77. The van der Waals surface area contributed by atoms with E-state index in [1.165, 1.54) is 12.8 Å². The van der Waals surface area contributed by atoms with Crippen molar-refractivity contribution in [3.63, 3.8) is 0 Å². The average Bonchev–Trinajstić information content (AvgIpc) is 2.89. The minimum atomic E-state index is -0.610. The van der Waals surface area contributed by atoms with Crippen molar-refractivity contribution in [1.82, 2.24) is 10.2 Å². The van der Waals surface area contributed by atoms with Gasteiger partial charge in [0.25, 0.3) is 0 Å². The Morgan fingerprint density at radius 1 is 1.26 bits per heavy atom. The predicted molar refractivity (Wildman–Crippen MR) is 90.0 cm³/mol. The summed E-state index contributed by atoms with van der Waals surface area (Å²) >= 11 is 0. The van der Waals surface area contributed by atoms with Crippen molar-refractivity contribution in [2.45, 2.75) is 70.6 Å². The molecule has 1 aliphatic heterocycles. The van der Waals surface area contributed by atoms with E-state index in [4.69, 9.17) is 4.42 Å². The molecule has 5 heteroatoms. The van der Waals surface area contributed by atoms with Gasteiger partial charge in [0.15, 0.2) is 0 Å². The normalized spacial score (nSPS) is 19.9. The molecule has 0 spiro atoms. The number of nitrogens with zero attached hydrogens (tertiary/aromatic N) is 1. The minimum absolute atomic E-state index is 0.101. The Kier molecular flexibility index (Phi) is 7.12. The van der Waals surface area contributed by atoms with Gasteiger partial charge in [-0.1, -0.05) is 12.8 Å². The fraction of sp³-hybridized carbons (Fsp3) is 0.722. The van der Waals surface area contributed by atoms with Crippen LogP contribution in [0.5, 0.6) is 0 Å². The second-order valence-electron chi connectivity index (χ2n) is 6.73. The zero-order chi connectivity index (χ0) is 16.7. The maximum atomic E-state index is 12.4. The highest BCUT2D eigenvalue weighted by Crippen LogP contribution is 2.19. The highest BCUT2D eigenvalue weighted by Gasteiger charge is 2.20. The molecule has 3 atom stereocenters. The third-order valence-corrected chi connectivity index (χ3v) is 4.46. The van der Waals surface area contributed by atoms with Crippen molar-refractivity contribution in [2.75, 3.05) is 13.1 Å². The lowest BCUT2D eigenvalue weighted by Gasteiger charge is -2.25. The quantitative estimate of drug-likeness (QED) is 0.810. The van der Waals surface area contributed by atoms with Crippen molar-refractivity contribution in [1.29, 1.82) is 0 Å². The van der Waals surface area contributed by atoms with Crippen molar-refractivity contribution in [3.8, 4) is 0 Å². The summed E-state index contributed by atoms with van der Waals surface area (Å²) < 4.78 is 5.22. The first-order valence-electron chi connectivity index (χ1n) is 8.81. The second kappa shape index (κ2) is 9.08. The van der Waals surface area contributed by atoms with E-state index in [-0.39, 0.29) is 18.0 Å². The van der Waals surface area contributed by atoms with Gasteiger partial charge in [-0.3, -0.25) is 4.79 Å². The summed E-state index contributed by atoms with van der Waals surface area (Å²) in [7, 11) is 0. The van der Waals surface area contributed by atoms with E-state index in [9.17, 15) is 9.90 Å². The monoisotopic (exact) mass is 322 g/mol. The van der Waals surface area contributed by atoms with E-state index >= 15 is 0 Å². The number of aliphatic hydroxyl groups is 1. The number of nitrogens with one attached hydrogen (secondary N) is 1. The van der Waals surface area contributed by atoms with Crippen LogP contribution in [0.4, 0.5) is 0 Å². The van der Waals surface area contributed by atoms with E-state index < -0.39 is 6.10 Å². The number of furan rings is 1. The van der Waals surface area contributed by atoms with Gasteiger partial charge in [0.2, 0.25) is 5.91 Å². The molecule has 23 heavy (non-hydrogen) atoms. The van der Waals surface area contributed by atoms with E-state index in [1.807, 2.05) is 18.7 Å². The zero-order valence-corrected chi connectivity index (χ0v) is 14.3. The van der Waals surface area contributed by atoms with Gasteiger partial charge in [0.1, 0.15) is 11.9 Å². The van der Waals surface area contributed by atoms with E-state index in [1.54, 1.807) is 18.4 Å². The van der Waals surface area contributed by atoms with Gasteiger partial charge in [-0.15, -0.1) is 0 Å². The summed E-state index contributed by atoms with van der Waals surface area (Å²) in [6.45, 7) is 5.86. The van der Waals surface area contributed by atoms with Gasteiger partial charge in [-0.05, 0) is 45.2 Å². The maximum Gasteiger partial charge on any atom is 0.224 e. The van der Waals surface area contributed by atoms with E-state index in [2.05, 4.69) is 5.32 Å². The van der Waals surface area contributed by atoms with Crippen LogP contribution in [0.1, 0.15) is 64.2 Å². The van der Waals surface area contributed by atoms with Crippen molar-refractivity contribution in [2.24, 2.45) is 0 Å². The standard InChI is InChI=1S/C18H30N2O3/c1-14(12-16(21)17-8-7-11-23-17)19-15(2)13-18(22)20-9-5-3-4-6-10-20/h7-8,11,14-16,19,21H,3-6,9-10,12-13H2,1-2H3. The van der Waals surface area contributed by atoms with Gasteiger partial charge < -0.3 is 19.7 Å². The molecule has 2 rings (SSSR count). The maximum absolute atomic E-state index is 12.4. The molecule has 0 radical (unpaired) electrons. The fourth-order valence-corrected chi connectivity index (χ4v) is 3.26. The van der Waals surface area contributed by atoms with Crippen LogP contribution in [-0.4, -0.2) is 41.1 Å². The summed E-state index contributed by atoms with van der Waals surface area (Å²) in [5, 5.41) is 13.5. The number of likely N-dealkylation sites (tertiary alicyclic amines) is 1. The lowest BCUT2D eigenvalue weighted by atomic mass is 10.1. The molecular weight excluding hydrogens is 292 g/mol. The molecule has 1 aliphatic rings. The highest BCUT2D eigenvalue weighted by atomic mass is 16.4. The molecule has 130 valence electrons. The van der Waals surface area contributed by atoms with Gasteiger partial charge in [0, 0.05) is 31.6 Å². The summed E-state index contributed by atoms with van der Waals surface area (Å²) in [5.74, 6) is 0.831. The zero-order valence-electron chi connectivity index (χ0n) is 14.3. The number of amides is 1.